The Kier molecular flexibility index (Phi) is 11.8. The minimum absolute atomic E-state index is 0. The first-order valence-corrected chi connectivity index (χ1v) is 3.26. The van der Waals surface area contributed by atoms with E-state index in [1.807, 2.05) is 30.5 Å². The number of benzene rings is 1. The van der Waals surface area contributed by atoms with Crippen LogP contribution in [0.1, 0.15) is 0 Å². The molecule has 1 aromatic carbocycles. The fraction of sp³-hybridized carbons (Fsp3) is 0. The van der Waals surface area contributed by atoms with Crippen LogP contribution in [0, 0.1) is 0 Å². The molecule has 0 fully saturated rings. The summed E-state index contributed by atoms with van der Waals surface area (Å²) in [5, 5.41) is 1.20. The Morgan fingerprint density at radius 1 is 0.857 bits per heavy atom. The smallest absolute Gasteiger partial charge is 0.0701 e. The molecule has 0 bridgehead atoms. The maximum Gasteiger partial charge on any atom is 0.0701 e. The van der Waals surface area contributed by atoms with Gasteiger partial charge in [0.2, 0.25) is 0 Å². The van der Waals surface area contributed by atoms with Gasteiger partial charge in [0, 0.05) is 32.6 Å². The summed E-state index contributed by atoms with van der Waals surface area (Å²) in [5.74, 6) is 0. The first-order valence-electron chi connectivity index (χ1n) is 3.26. The molecule has 82 valence electrons. The SMILES string of the molecule is [NH2-].[OH-].[OH-].[Pt].c1ccc2ncccc2c1. The van der Waals surface area contributed by atoms with Crippen LogP contribution < -0.4 is 0 Å². The van der Waals surface area contributed by atoms with Crippen molar-refractivity contribution in [2.45, 2.75) is 0 Å². The van der Waals surface area contributed by atoms with E-state index >= 15 is 0 Å². The molecule has 0 atom stereocenters. The molecule has 0 aliphatic heterocycles. The van der Waals surface area contributed by atoms with Gasteiger partial charge in [0.05, 0.1) is 5.52 Å². The van der Waals surface area contributed by atoms with E-state index in [0.29, 0.717) is 0 Å². The van der Waals surface area contributed by atoms with Crippen LogP contribution in [0.2, 0.25) is 0 Å². The number of aromatic nitrogens is 1. The van der Waals surface area contributed by atoms with Gasteiger partial charge in [-0.15, -0.1) is 0 Å². The standard InChI is InChI=1S/C9H7N.H2N.2H2O.Pt/c1-2-6-9-8(4-1)5-3-7-10-9;;;;/h1-7H;3*1H2;/q;-1;;;/p-2. The van der Waals surface area contributed by atoms with E-state index in [0.717, 1.165) is 5.52 Å². The number of hydrogen-bond donors (Lipinski definition) is 0. The zero-order valence-electron chi connectivity index (χ0n) is 7.28. The van der Waals surface area contributed by atoms with E-state index in [1.165, 1.54) is 5.39 Å². The average Bonchev–Trinajstić information content (AvgIpc) is 2.05. The van der Waals surface area contributed by atoms with E-state index in [-0.39, 0.29) is 38.2 Å². The van der Waals surface area contributed by atoms with Gasteiger partial charge in [-0.3, -0.25) is 4.98 Å². The third-order valence-corrected chi connectivity index (χ3v) is 1.51. The predicted molar refractivity (Wildman–Crippen MR) is 50.9 cm³/mol. The Morgan fingerprint density at radius 2 is 1.43 bits per heavy atom. The summed E-state index contributed by atoms with van der Waals surface area (Å²) in [4.78, 5) is 4.18. The summed E-state index contributed by atoms with van der Waals surface area (Å²) in [6.07, 6.45) is 1.81. The van der Waals surface area contributed by atoms with Gasteiger partial charge in [-0.1, -0.05) is 24.3 Å². The Balaban J connectivity index is -0.000000302. The topological polar surface area (TPSA) is 106 Å². The quantitative estimate of drug-likeness (QED) is 0.707. The van der Waals surface area contributed by atoms with Crippen molar-refractivity contribution in [1.29, 1.82) is 0 Å². The molecule has 0 aliphatic rings. The number of fused-ring (bicyclic) bond motifs is 1. The van der Waals surface area contributed by atoms with Crippen LogP contribution >= 0.6 is 0 Å². The molecule has 1 aromatic heterocycles. The summed E-state index contributed by atoms with van der Waals surface area (Å²) in [7, 11) is 0. The van der Waals surface area contributed by atoms with E-state index in [1.54, 1.807) is 0 Å². The molecule has 0 spiro atoms. The maximum atomic E-state index is 4.18. The number of pyridine rings is 1. The molecule has 1 heterocycles. The van der Waals surface area contributed by atoms with Crippen molar-refractivity contribution in [2.24, 2.45) is 0 Å². The van der Waals surface area contributed by atoms with Crippen molar-refractivity contribution in [3.05, 3.63) is 48.7 Å². The van der Waals surface area contributed by atoms with Gasteiger partial charge in [0.15, 0.2) is 0 Å². The van der Waals surface area contributed by atoms with Crippen molar-refractivity contribution in [2.75, 3.05) is 0 Å². The molecular weight excluding hydrogens is 363 g/mol. The van der Waals surface area contributed by atoms with Crippen molar-refractivity contribution < 1.29 is 32.0 Å². The van der Waals surface area contributed by atoms with Gasteiger partial charge in [-0.05, 0) is 12.1 Å². The van der Waals surface area contributed by atoms with Crippen LogP contribution in [0.15, 0.2) is 42.6 Å². The summed E-state index contributed by atoms with van der Waals surface area (Å²) in [6, 6.07) is 12.1. The molecule has 2 rings (SSSR count). The number of nitrogens with zero attached hydrogens (tertiary/aromatic N) is 1. The Labute approximate surface area is 96.8 Å². The molecule has 0 saturated heterocycles. The molecule has 4 N–H and O–H groups in total. The van der Waals surface area contributed by atoms with Gasteiger partial charge in [0.25, 0.3) is 0 Å². The summed E-state index contributed by atoms with van der Waals surface area (Å²) in [6.45, 7) is 0. The molecule has 0 saturated carbocycles. The molecule has 0 unspecified atom stereocenters. The largest absolute Gasteiger partial charge is 0.870 e. The van der Waals surface area contributed by atoms with E-state index < -0.39 is 0 Å². The normalized spacial score (nSPS) is 7.14. The van der Waals surface area contributed by atoms with Gasteiger partial charge in [-0.25, -0.2) is 0 Å². The molecule has 0 amide bonds. The maximum absolute atomic E-state index is 4.18. The first-order chi connectivity index (χ1) is 4.97. The van der Waals surface area contributed by atoms with Crippen LogP contribution in [0.5, 0.6) is 0 Å². The van der Waals surface area contributed by atoms with Crippen molar-refractivity contribution in [3.63, 3.8) is 0 Å². The fourth-order valence-corrected chi connectivity index (χ4v) is 1.02. The molecule has 0 aliphatic carbocycles. The Morgan fingerprint density at radius 3 is 2.07 bits per heavy atom. The number of rotatable bonds is 0. The third kappa shape index (κ3) is 3.94. The molecular formula is C9H11N2O2Pt-3. The Hall–Kier alpha value is -0.802. The van der Waals surface area contributed by atoms with E-state index in [4.69, 9.17) is 0 Å². The van der Waals surface area contributed by atoms with Gasteiger partial charge >= 0.3 is 0 Å². The van der Waals surface area contributed by atoms with Crippen LogP contribution in [-0.2, 0) is 21.1 Å². The van der Waals surface area contributed by atoms with Crippen LogP contribution in [0.25, 0.3) is 17.1 Å². The summed E-state index contributed by atoms with van der Waals surface area (Å²) < 4.78 is 0. The molecule has 14 heavy (non-hydrogen) atoms. The zero-order valence-corrected chi connectivity index (χ0v) is 9.55. The van der Waals surface area contributed by atoms with Crippen molar-refractivity contribution >= 4 is 10.9 Å². The van der Waals surface area contributed by atoms with Crippen LogP contribution in [-0.4, -0.2) is 15.9 Å². The van der Waals surface area contributed by atoms with Gasteiger partial charge < -0.3 is 17.1 Å². The van der Waals surface area contributed by atoms with Gasteiger partial charge in [-0.2, -0.15) is 0 Å². The monoisotopic (exact) mass is 374 g/mol. The minimum Gasteiger partial charge on any atom is -0.870 e. The number of hydrogen-bond acceptors (Lipinski definition) is 3. The van der Waals surface area contributed by atoms with Crippen LogP contribution in [0.3, 0.4) is 0 Å². The second-order valence-electron chi connectivity index (χ2n) is 2.20. The van der Waals surface area contributed by atoms with Gasteiger partial charge in [0.1, 0.15) is 0 Å². The summed E-state index contributed by atoms with van der Waals surface area (Å²) >= 11 is 0. The second-order valence-corrected chi connectivity index (χ2v) is 2.20. The fourth-order valence-electron chi connectivity index (χ4n) is 1.02. The second kappa shape index (κ2) is 8.78. The first kappa shape index (κ1) is 18.9. The molecule has 4 nitrogen and oxygen atoms in total. The van der Waals surface area contributed by atoms with E-state index in [9.17, 15) is 0 Å². The van der Waals surface area contributed by atoms with E-state index in [2.05, 4.69) is 17.1 Å². The third-order valence-electron chi connectivity index (χ3n) is 1.51. The molecule has 2 aromatic rings. The van der Waals surface area contributed by atoms with Crippen molar-refractivity contribution in [1.82, 2.24) is 4.98 Å². The molecule has 5 heteroatoms. The molecule has 0 radical (unpaired) electrons. The summed E-state index contributed by atoms with van der Waals surface area (Å²) in [5.41, 5.74) is 1.06. The predicted octanol–water partition coefficient (Wildman–Crippen LogP) is 2.60. The Bertz CT molecular complexity index is 292. The number of para-hydroxylation sites is 1. The van der Waals surface area contributed by atoms with Crippen molar-refractivity contribution in [3.8, 4) is 0 Å². The number of nitrogens with two attached hydrogens (primary N) is 1. The average molecular weight is 374 g/mol. The zero-order chi connectivity index (χ0) is 6.81. The van der Waals surface area contributed by atoms with Crippen LogP contribution in [0.4, 0.5) is 0 Å². The minimum atomic E-state index is 0.